The summed E-state index contributed by atoms with van der Waals surface area (Å²) >= 11 is 1.47. The Morgan fingerprint density at radius 3 is 2.33 bits per heavy atom. The predicted octanol–water partition coefficient (Wildman–Crippen LogP) is 2.00. The van der Waals surface area contributed by atoms with Crippen LogP contribution in [-0.4, -0.2) is 4.98 Å². The van der Waals surface area contributed by atoms with E-state index in [1.807, 2.05) is 4.98 Å². The van der Waals surface area contributed by atoms with Crippen molar-refractivity contribution in [1.29, 1.82) is 0 Å². The molecule has 1 N–H and O–H groups in total. The van der Waals surface area contributed by atoms with E-state index < -0.39 is 17.3 Å². The van der Waals surface area contributed by atoms with Crippen molar-refractivity contribution in [2.45, 2.75) is 6.18 Å². The Labute approximate surface area is 78.9 Å². The first kappa shape index (κ1) is 9.56. The fourth-order valence-electron chi connectivity index (χ4n) is 0.719. The van der Waals surface area contributed by atoms with Crippen LogP contribution in [0.4, 0.5) is 13.2 Å². The Hall–Kier alpha value is -0.530. The summed E-state index contributed by atoms with van der Waals surface area (Å²) in [4.78, 5) is 12.7. The van der Waals surface area contributed by atoms with Crippen molar-refractivity contribution >= 4 is 22.6 Å². The first-order valence-electron chi connectivity index (χ1n) is 2.87. The average Bonchev–Trinajstić information content (AvgIpc) is 1.82. The maximum atomic E-state index is 12.1. The first-order valence-corrected chi connectivity index (χ1v) is 3.95. The normalized spacial score (nSPS) is 11.7. The van der Waals surface area contributed by atoms with E-state index in [0.29, 0.717) is 0 Å². The Balaban J connectivity index is 3.42. The van der Waals surface area contributed by atoms with Gasteiger partial charge in [0.25, 0.3) is 5.56 Å². The van der Waals surface area contributed by atoms with Gasteiger partial charge < -0.3 is 4.98 Å². The number of H-pyrrole nitrogens is 1. The molecule has 0 spiro atoms. The van der Waals surface area contributed by atoms with E-state index in [1.54, 1.807) is 0 Å². The SMILES string of the molecule is O=c1[nH]ccc(I)c1C(F)(F)F. The van der Waals surface area contributed by atoms with Crippen LogP contribution in [0.1, 0.15) is 5.56 Å². The molecule has 0 aliphatic carbocycles. The van der Waals surface area contributed by atoms with Gasteiger partial charge in [-0.1, -0.05) is 0 Å². The second-order valence-electron chi connectivity index (χ2n) is 2.03. The maximum absolute atomic E-state index is 12.1. The molecule has 0 aliphatic rings. The molecule has 0 radical (unpaired) electrons. The molecule has 66 valence electrons. The van der Waals surface area contributed by atoms with Crippen LogP contribution >= 0.6 is 22.6 Å². The van der Waals surface area contributed by atoms with Gasteiger partial charge in [-0.25, -0.2) is 0 Å². The van der Waals surface area contributed by atoms with Gasteiger partial charge in [0.15, 0.2) is 0 Å². The molecular weight excluding hydrogens is 286 g/mol. The van der Waals surface area contributed by atoms with Gasteiger partial charge in [-0.15, -0.1) is 0 Å². The van der Waals surface area contributed by atoms with Gasteiger partial charge >= 0.3 is 6.18 Å². The number of alkyl halides is 3. The minimum atomic E-state index is -4.58. The third kappa shape index (κ3) is 1.79. The number of halogens is 4. The van der Waals surface area contributed by atoms with E-state index in [1.165, 1.54) is 34.9 Å². The summed E-state index contributed by atoms with van der Waals surface area (Å²) in [5, 5.41) is 0. The Kier molecular flexibility index (Phi) is 2.45. The highest BCUT2D eigenvalue weighted by atomic mass is 127. The number of pyridine rings is 1. The van der Waals surface area contributed by atoms with Gasteiger partial charge in [0, 0.05) is 9.77 Å². The zero-order valence-corrected chi connectivity index (χ0v) is 7.73. The number of rotatable bonds is 0. The smallest absolute Gasteiger partial charge is 0.329 e. The number of aromatic amines is 1. The van der Waals surface area contributed by atoms with E-state index in [2.05, 4.69) is 0 Å². The summed E-state index contributed by atoms with van der Waals surface area (Å²) in [6, 6.07) is 1.20. The second kappa shape index (κ2) is 3.08. The molecule has 0 amide bonds. The molecular formula is C6H3F3INO. The molecule has 0 aromatic carbocycles. The van der Waals surface area contributed by atoms with Gasteiger partial charge in [0.1, 0.15) is 5.56 Å². The highest BCUT2D eigenvalue weighted by molar-refractivity contribution is 14.1. The summed E-state index contributed by atoms with van der Waals surface area (Å²) in [5.74, 6) is 0. The molecule has 0 unspecified atom stereocenters. The second-order valence-corrected chi connectivity index (χ2v) is 3.19. The summed E-state index contributed by atoms with van der Waals surface area (Å²) in [5.41, 5.74) is -2.24. The number of aromatic nitrogens is 1. The van der Waals surface area contributed by atoms with Crippen LogP contribution < -0.4 is 5.56 Å². The van der Waals surface area contributed by atoms with Gasteiger partial charge in [0.05, 0.1) is 0 Å². The summed E-state index contributed by atoms with van der Waals surface area (Å²) < 4.78 is 36.2. The van der Waals surface area contributed by atoms with Crippen molar-refractivity contribution in [3.8, 4) is 0 Å². The quantitative estimate of drug-likeness (QED) is 0.728. The molecule has 12 heavy (non-hydrogen) atoms. The molecule has 6 heteroatoms. The highest BCUT2D eigenvalue weighted by Gasteiger charge is 2.35. The largest absolute Gasteiger partial charge is 0.422 e. The van der Waals surface area contributed by atoms with Gasteiger partial charge in [0.2, 0.25) is 0 Å². The minimum Gasteiger partial charge on any atom is -0.329 e. The van der Waals surface area contributed by atoms with Crippen LogP contribution in [0.15, 0.2) is 17.1 Å². The van der Waals surface area contributed by atoms with E-state index >= 15 is 0 Å². The standard InChI is InChI=1S/C6H3F3INO/c7-6(8,9)4-3(10)1-2-11-5(4)12/h1-2H,(H,11,12). The van der Waals surface area contributed by atoms with E-state index in [4.69, 9.17) is 0 Å². The van der Waals surface area contributed by atoms with Crippen LogP contribution in [-0.2, 0) is 6.18 Å². The van der Waals surface area contributed by atoms with Gasteiger partial charge in [-0.3, -0.25) is 4.79 Å². The molecule has 1 aromatic rings. The van der Waals surface area contributed by atoms with Crippen molar-refractivity contribution in [3.05, 3.63) is 31.8 Å². The molecule has 0 atom stereocenters. The van der Waals surface area contributed by atoms with Gasteiger partial charge in [-0.05, 0) is 28.7 Å². The van der Waals surface area contributed by atoms with E-state index in [0.717, 1.165) is 0 Å². The monoisotopic (exact) mass is 289 g/mol. The lowest BCUT2D eigenvalue weighted by molar-refractivity contribution is -0.139. The Bertz CT molecular complexity index is 343. The fourth-order valence-corrected chi connectivity index (χ4v) is 1.45. The zero-order valence-electron chi connectivity index (χ0n) is 5.57. The zero-order chi connectivity index (χ0) is 9.35. The lowest BCUT2D eigenvalue weighted by Crippen LogP contribution is -2.22. The Morgan fingerprint density at radius 2 is 2.00 bits per heavy atom. The van der Waals surface area contributed by atoms with Gasteiger partial charge in [-0.2, -0.15) is 13.2 Å². The predicted molar refractivity (Wildman–Crippen MR) is 44.8 cm³/mol. The Morgan fingerprint density at radius 1 is 1.42 bits per heavy atom. The van der Waals surface area contributed by atoms with Crippen molar-refractivity contribution in [1.82, 2.24) is 4.98 Å². The molecule has 0 bridgehead atoms. The van der Waals surface area contributed by atoms with Crippen molar-refractivity contribution in [2.75, 3.05) is 0 Å². The van der Waals surface area contributed by atoms with Crippen molar-refractivity contribution in [3.63, 3.8) is 0 Å². The average molecular weight is 289 g/mol. The topological polar surface area (TPSA) is 32.9 Å². The number of hydrogen-bond acceptors (Lipinski definition) is 1. The highest BCUT2D eigenvalue weighted by Crippen LogP contribution is 2.29. The molecule has 0 saturated heterocycles. The van der Waals surface area contributed by atoms with Crippen molar-refractivity contribution < 1.29 is 13.2 Å². The summed E-state index contributed by atoms with van der Waals surface area (Å²) in [6.07, 6.45) is -3.40. The van der Waals surface area contributed by atoms with Crippen LogP contribution in [0.5, 0.6) is 0 Å². The molecule has 2 nitrogen and oxygen atoms in total. The van der Waals surface area contributed by atoms with E-state index in [-0.39, 0.29) is 3.57 Å². The molecule has 1 heterocycles. The molecule has 1 aromatic heterocycles. The van der Waals surface area contributed by atoms with Crippen LogP contribution in [0.2, 0.25) is 0 Å². The van der Waals surface area contributed by atoms with Crippen molar-refractivity contribution in [2.24, 2.45) is 0 Å². The molecule has 0 saturated carbocycles. The van der Waals surface area contributed by atoms with E-state index in [9.17, 15) is 18.0 Å². The minimum absolute atomic E-state index is 0.0937. The fraction of sp³-hybridized carbons (Fsp3) is 0.167. The lowest BCUT2D eigenvalue weighted by atomic mass is 10.3. The molecule has 0 fully saturated rings. The number of hydrogen-bond donors (Lipinski definition) is 1. The van der Waals surface area contributed by atoms with Crippen LogP contribution in [0.25, 0.3) is 0 Å². The third-order valence-corrected chi connectivity index (χ3v) is 2.09. The summed E-state index contributed by atoms with van der Waals surface area (Å²) in [6.45, 7) is 0. The lowest BCUT2D eigenvalue weighted by Gasteiger charge is -2.06. The summed E-state index contributed by atoms with van der Waals surface area (Å²) in [7, 11) is 0. The third-order valence-electron chi connectivity index (χ3n) is 1.19. The van der Waals surface area contributed by atoms with Crippen LogP contribution in [0, 0.1) is 3.57 Å². The van der Waals surface area contributed by atoms with Crippen LogP contribution in [0.3, 0.4) is 0 Å². The maximum Gasteiger partial charge on any atom is 0.422 e. The number of nitrogens with one attached hydrogen (secondary N) is 1. The molecule has 1 rings (SSSR count). The first-order chi connectivity index (χ1) is 5.43. The molecule has 0 aliphatic heterocycles.